The second-order valence-corrected chi connectivity index (χ2v) is 5.50. The minimum atomic E-state index is -0.746. The summed E-state index contributed by atoms with van der Waals surface area (Å²) < 4.78 is 2.03. The van der Waals surface area contributed by atoms with Gasteiger partial charge in [-0.05, 0) is 25.1 Å². The predicted molar refractivity (Wildman–Crippen MR) is 79.2 cm³/mol. The van der Waals surface area contributed by atoms with Crippen LogP contribution in [0.4, 0.5) is 0 Å². The van der Waals surface area contributed by atoms with Crippen LogP contribution in [0.3, 0.4) is 0 Å². The molecule has 0 aliphatic carbocycles. The molecule has 112 valence electrons. The van der Waals surface area contributed by atoms with Gasteiger partial charge in [0.15, 0.2) is 0 Å². The van der Waals surface area contributed by atoms with Gasteiger partial charge in [0.2, 0.25) is 0 Å². The number of carboxylic acid groups (broad SMARTS) is 1. The van der Waals surface area contributed by atoms with Crippen LogP contribution in [0.1, 0.15) is 12.1 Å². The van der Waals surface area contributed by atoms with Crippen LogP contribution in [-0.4, -0.2) is 63.0 Å². The van der Waals surface area contributed by atoms with E-state index in [4.69, 9.17) is 5.11 Å². The summed E-state index contributed by atoms with van der Waals surface area (Å²) in [4.78, 5) is 19.8. The molecular weight excluding hydrogens is 268 g/mol. The van der Waals surface area contributed by atoms with Crippen LogP contribution < -0.4 is 0 Å². The fourth-order valence-corrected chi connectivity index (χ4v) is 2.82. The highest BCUT2D eigenvalue weighted by Crippen LogP contribution is 2.10. The average molecular weight is 288 g/mol. The van der Waals surface area contributed by atoms with Crippen molar-refractivity contribution in [2.24, 2.45) is 0 Å². The van der Waals surface area contributed by atoms with Gasteiger partial charge in [-0.15, -0.1) is 0 Å². The normalized spacial score (nSPS) is 17.9. The third-order valence-electron chi connectivity index (χ3n) is 3.84. The van der Waals surface area contributed by atoms with Crippen molar-refractivity contribution in [2.75, 3.05) is 32.7 Å². The molecule has 1 N–H and O–H groups in total. The van der Waals surface area contributed by atoms with E-state index in [0.717, 1.165) is 50.5 Å². The SMILES string of the molecule is O=C(O)CN1CCCN(Cc2cn3ccccc3n2)CC1. The zero-order chi connectivity index (χ0) is 14.7. The van der Waals surface area contributed by atoms with E-state index in [1.807, 2.05) is 33.7 Å². The lowest BCUT2D eigenvalue weighted by Gasteiger charge is -2.19. The maximum atomic E-state index is 10.8. The highest BCUT2D eigenvalue weighted by molar-refractivity contribution is 5.69. The molecular formula is C15H20N4O2. The van der Waals surface area contributed by atoms with Gasteiger partial charge >= 0.3 is 5.97 Å². The Morgan fingerprint density at radius 2 is 2.00 bits per heavy atom. The summed E-state index contributed by atoms with van der Waals surface area (Å²) in [5, 5.41) is 8.87. The number of nitrogens with zero attached hydrogens (tertiary/aromatic N) is 4. The maximum Gasteiger partial charge on any atom is 0.317 e. The highest BCUT2D eigenvalue weighted by Gasteiger charge is 2.17. The third kappa shape index (κ3) is 3.59. The predicted octanol–water partition coefficient (Wildman–Crippen LogP) is 0.927. The van der Waals surface area contributed by atoms with Crippen LogP contribution in [0.2, 0.25) is 0 Å². The fraction of sp³-hybridized carbons (Fsp3) is 0.467. The van der Waals surface area contributed by atoms with E-state index < -0.39 is 5.97 Å². The van der Waals surface area contributed by atoms with Crippen molar-refractivity contribution in [1.29, 1.82) is 0 Å². The number of rotatable bonds is 4. The second kappa shape index (κ2) is 6.24. The summed E-state index contributed by atoms with van der Waals surface area (Å²) in [5.41, 5.74) is 2.03. The highest BCUT2D eigenvalue weighted by atomic mass is 16.4. The molecule has 0 amide bonds. The summed E-state index contributed by atoms with van der Waals surface area (Å²) in [5.74, 6) is -0.746. The average Bonchev–Trinajstić information content (AvgIpc) is 2.73. The van der Waals surface area contributed by atoms with Crippen molar-refractivity contribution in [3.63, 3.8) is 0 Å². The Balaban J connectivity index is 1.61. The molecule has 21 heavy (non-hydrogen) atoms. The van der Waals surface area contributed by atoms with Gasteiger partial charge < -0.3 is 9.51 Å². The van der Waals surface area contributed by atoms with Crippen LogP contribution in [0.25, 0.3) is 5.65 Å². The molecule has 1 saturated heterocycles. The van der Waals surface area contributed by atoms with Crippen LogP contribution in [-0.2, 0) is 11.3 Å². The molecule has 2 aromatic heterocycles. The number of hydrogen-bond donors (Lipinski definition) is 1. The lowest BCUT2D eigenvalue weighted by Crippen LogP contribution is -2.34. The first-order chi connectivity index (χ1) is 10.2. The van der Waals surface area contributed by atoms with Crippen LogP contribution >= 0.6 is 0 Å². The summed E-state index contributed by atoms with van der Waals surface area (Å²) in [7, 11) is 0. The Morgan fingerprint density at radius 3 is 2.81 bits per heavy atom. The smallest absolute Gasteiger partial charge is 0.317 e. The maximum absolute atomic E-state index is 10.8. The van der Waals surface area contributed by atoms with Crippen molar-refractivity contribution >= 4 is 11.6 Å². The van der Waals surface area contributed by atoms with Gasteiger partial charge in [0.05, 0.1) is 12.2 Å². The topological polar surface area (TPSA) is 61.1 Å². The molecule has 0 radical (unpaired) electrons. The number of aromatic nitrogens is 2. The summed E-state index contributed by atoms with van der Waals surface area (Å²) >= 11 is 0. The van der Waals surface area contributed by atoms with Crippen molar-refractivity contribution < 1.29 is 9.90 Å². The molecule has 0 aromatic carbocycles. The zero-order valence-corrected chi connectivity index (χ0v) is 12.0. The van der Waals surface area contributed by atoms with E-state index in [1.54, 1.807) is 0 Å². The minimum absolute atomic E-state index is 0.141. The van der Waals surface area contributed by atoms with E-state index in [2.05, 4.69) is 16.1 Å². The van der Waals surface area contributed by atoms with E-state index >= 15 is 0 Å². The number of aliphatic carboxylic acids is 1. The number of carbonyl (C=O) groups is 1. The molecule has 2 aromatic rings. The van der Waals surface area contributed by atoms with Crippen LogP contribution in [0.5, 0.6) is 0 Å². The summed E-state index contributed by atoms with van der Waals surface area (Å²) in [6.07, 6.45) is 5.07. The first-order valence-corrected chi connectivity index (χ1v) is 7.30. The summed E-state index contributed by atoms with van der Waals surface area (Å²) in [6.45, 7) is 4.50. The molecule has 1 aliphatic heterocycles. The Kier molecular flexibility index (Phi) is 4.17. The number of fused-ring (bicyclic) bond motifs is 1. The molecule has 1 aliphatic rings. The number of carboxylic acids is 1. The molecule has 6 heteroatoms. The standard InChI is InChI=1S/C15H20N4O2/c20-15(21)12-18-6-3-5-17(8-9-18)10-13-11-19-7-2-1-4-14(19)16-13/h1-2,4,7,11H,3,5-6,8-10,12H2,(H,20,21). The van der Waals surface area contributed by atoms with Gasteiger partial charge in [0.25, 0.3) is 0 Å². The second-order valence-electron chi connectivity index (χ2n) is 5.50. The number of pyridine rings is 1. The Bertz CT molecular complexity index is 592. The van der Waals surface area contributed by atoms with Crippen LogP contribution in [0, 0.1) is 0 Å². The molecule has 3 heterocycles. The van der Waals surface area contributed by atoms with Crippen molar-refractivity contribution in [1.82, 2.24) is 19.2 Å². The first-order valence-electron chi connectivity index (χ1n) is 7.30. The number of hydrogen-bond acceptors (Lipinski definition) is 4. The molecule has 0 spiro atoms. The van der Waals surface area contributed by atoms with Gasteiger partial charge in [-0.3, -0.25) is 14.6 Å². The summed E-state index contributed by atoms with van der Waals surface area (Å²) in [6, 6.07) is 5.98. The molecule has 3 rings (SSSR count). The Morgan fingerprint density at radius 1 is 1.19 bits per heavy atom. The van der Waals surface area contributed by atoms with Crippen molar-refractivity contribution in [3.8, 4) is 0 Å². The molecule has 0 unspecified atom stereocenters. The fourth-order valence-electron chi connectivity index (χ4n) is 2.82. The largest absolute Gasteiger partial charge is 0.480 e. The van der Waals surface area contributed by atoms with Crippen LogP contribution in [0.15, 0.2) is 30.6 Å². The van der Waals surface area contributed by atoms with E-state index in [0.29, 0.717) is 0 Å². The van der Waals surface area contributed by atoms with Crippen molar-refractivity contribution in [2.45, 2.75) is 13.0 Å². The molecule has 0 atom stereocenters. The lowest BCUT2D eigenvalue weighted by molar-refractivity contribution is -0.138. The molecule has 6 nitrogen and oxygen atoms in total. The lowest BCUT2D eigenvalue weighted by atomic mass is 10.3. The van der Waals surface area contributed by atoms with Gasteiger partial charge in [-0.2, -0.15) is 0 Å². The quantitative estimate of drug-likeness (QED) is 0.907. The Hall–Kier alpha value is -1.92. The van der Waals surface area contributed by atoms with E-state index in [-0.39, 0.29) is 6.54 Å². The Labute approximate surface area is 123 Å². The third-order valence-corrected chi connectivity index (χ3v) is 3.84. The molecule has 1 fully saturated rings. The molecule has 0 saturated carbocycles. The monoisotopic (exact) mass is 288 g/mol. The van der Waals surface area contributed by atoms with Crippen molar-refractivity contribution in [3.05, 3.63) is 36.3 Å². The first kappa shape index (κ1) is 14.0. The number of imidazole rings is 1. The van der Waals surface area contributed by atoms with Gasteiger partial charge in [-0.1, -0.05) is 6.07 Å². The van der Waals surface area contributed by atoms with Gasteiger partial charge in [-0.25, -0.2) is 4.98 Å². The zero-order valence-electron chi connectivity index (χ0n) is 12.0. The minimum Gasteiger partial charge on any atom is -0.480 e. The van der Waals surface area contributed by atoms with E-state index in [1.165, 1.54) is 0 Å². The van der Waals surface area contributed by atoms with Gasteiger partial charge in [0, 0.05) is 38.6 Å². The van der Waals surface area contributed by atoms with E-state index in [9.17, 15) is 4.79 Å². The molecule has 0 bridgehead atoms. The van der Waals surface area contributed by atoms with Gasteiger partial charge in [0.1, 0.15) is 5.65 Å².